The van der Waals surface area contributed by atoms with Crippen LogP contribution in [0.2, 0.25) is 0 Å². The molecule has 0 aromatic heterocycles. The van der Waals surface area contributed by atoms with E-state index in [-0.39, 0.29) is 23.8 Å². The van der Waals surface area contributed by atoms with Crippen LogP contribution in [0.15, 0.2) is 0 Å². The van der Waals surface area contributed by atoms with Crippen LogP contribution in [0.3, 0.4) is 0 Å². The van der Waals surface area contributed by atoms with E-state index in [1.165, 1.54) is 0 Å². The Morgan fingerprint density at radius 3 is 2.63 bits per heavy atom. The molecule has 0 aliphatic carbocycles. The minimum absolute atomic E-state index is 0.0726. The fraction of sp³-hybridized carbons (Fsp3) is 0.857. The van der Waals surface area contributed by atoms with E-state index in [0.717, 1.165) is 13.0 Å². The van der Waals surface area contributed by atoms with Gasteiger partial charge < -0.3 is 15.0 Å². The van der Waals surface area contributed by atoms with E-state index >= 15 is 0 Å². The predicted molar refractivity (Wildman–Crippen MR) is 71.5 cm³/mol. The van der Waals surface area contributed by atoms with Gasteiger partial charge in [0.2, 0.25) is 5.91 Å². The molecule has 2 rings (SSSR count). The number of fused-ring (bicyclic) bond motifs is 1. The number of hydrogen-bond acceptors (Lipinski definition) is 4. The molecule has 0 spiro atoms. The minimum atomic E-state index is -0.506. The summed E-state index contributed by atoms with van der Waals surface area (Å²) >= 11 is 0. The van der Waals surface area contributed by atoms with Crippen LogP contribution in [0.1, 0.15) is 40.5 Å². The molecule has 2 aliphatic heterocycles. The van der Waals surface area contributed by atoms with Crippen molar-refractivity contribution >= 4 is 11.9 Å². The van der Waals surface area contributed by atoms with Gasteiger partial charge in [0.15, 0.2) is 0 Å². The van der Waals surface area contributed by atoms with Gasteiger partial charge in [0, 0.05) is 25.0 Å². The third-order valence-electron chi connectivity index (χ3n) is 3.69. The molecule has 2 fully saturated rings. The molecule has 0 aromatic rings. The first-order valence-corrected chi connectivity index (χ1v) is 7.05. The summed E-state index contributed by atoms with van der Waals surface area (Å²) in [6.45, 7) is 8.92. The molecular formula is C14H24N2O3. The van der Waals surface area contributed by atoms with Crippen LogP contribution in [0.5, 0.6) is 0 Å². The van der Waals surface area contributed by atoms with Crippen LogP contribution in [-0.4, -0.2) is 47.6 Å². The molecule has 5 nitrogen and oxygen atoms in total. The monoisotopic (exact) mass is 268 g/mol. The lowest BCUT2D eigenvalue weighted by Crippen LogP contribution is -2.48. The van der Waals surface area contributed by atoms with Crippen molar-refractivity contribution in [3.63, 3.8) is 0 Å². The molecule has 0 unspecified atom stereocenters. The minimum Gasteiger partial charge on any atom is -0.458 e. The van der Waals surface area contributed by atoms with E-state index in [9.17, 15) is 9.59 Å². The van der Waals surface area contributed by atoms with Crippen molar-refractivity contribution in [2.45, 2.75) is 58.2 Å². The first-order chi connectivity index (χ1) is 8.79. The zero-order valence-corrected chi connectivity index (χ0v) is 12.2. The van der Waals surface area contributed by atoms with Gasteiger partial charge in [-0.2, -0.15) is 0 Å². The lowest BCUT2D eigenvalue weighted by Gasteiger charge is -2.30. The smallest absolute Gasteiger partial charge is 0.329 e. The Morgan fingerprint density at radius 2 is 2.00 bits per heavy atom. The first kappa shape index (κ1) is 14.3. The maximum absolute atomic E-state index is 12.4. The largest absolute Gasteiger partial charge is 0.458 e. The van der Waals surface area contributed by atoms with Crippen LogP contribution >= 0.6 is 0 Å². The van der Waals surface area contributed by atoms with E-state index in [1.807, 2.05) is 27.7 Å². The molecular weight excluding hydrogens is 244 g/mol. The van der Waals surface area contributed by atoms with Gasteiger partial charge in [0.05, 0.1) is 0 Å². The van der Waals surface area contributed by atoms with Crippen molar-refractivity contribution in [3.8, 4) is 0 Å². The third kappa shape index (κ3) is 3.08. The van der Waals surface area contributed by atoms with Crippen LogP contribution in [0.25, 0.3) is 0 Å². The second-order valence-corrected chi connectivity index (χ2v) is 6.59. The summed E-state index contributed by atoms with van der Waals surface area (Å²) in [5.41, 5.74) is -0.506. The van der Waals surface area contributed by atoms with Gasteiger partial charge in [0.1, 0.15) is 11.6 Å². The average Bonchev–Trinajstić information content (AvgIpc) is 2.64. The van der Waals surface area contributed by atoms with Gasteiger partial charge in [-0.05, 0) is 33.6 Å². The summed E-state index contributed by atoms with van der Waals surface area (Å²) in [5, 5.41) is 3.29. The molecule has 1 N–H and O–H groups in total. The zero-order valence-electron chi connectivity index (χ0n) is 12.2. The summed E-state index contributed by atoms with van der Waals surface area (Å²) < 4.78 is 5.44. The van der Waals surface area contributed by atoms with Gasteiger partial charge in [-0.1, -0.05) is 6.92 Å². The molecule has 0 aromatic carbocycles. The molecule has 0 bridgehead atoms. The highest BCUT2D eigenvalue weighted by Gasteiger charge is 2.44. The third-order valence-corrected chi connectivity index (χ3v) is 3.69. The maximum atomic E-state index is 12.4. The number of nitrogens with one attached hydrogen (secondary N) is 1. The number of carbonyl (C=O) groups excluding carboxylic acids is 2. The van der Waals surface area contributed by atoms with Gasteiger partial charge in [-0.25, -0.2) is 4.79 Å². The molecule has 0 saturated carbocycles. The number of carbonyl (C=O) groups is 2. The Morgan fingerprint density at radius 1 is 1.32 bits per heavy atom. The second kappa shape index (κ2) is 5.12. The van der Waals surface area contributed by atoms with Crippen LogP contribution in [0, 0.1) is 5.92 Å². The molecule has 1 amide bonds. The average molecular weight is 268 g/mol. The lowest BCUT2D eigenvalue weighted by molar-refractivity contribution is -0.164. The number of hydrogen-bond donors (Lipinski definition) is 1. The Hall–Kier alpha value is -1.10. The highest BCUT2D eigenvalue weighted by molar-refractivity contribution is 5.87. The summed E-state index contributed by atoms with van der Waals surface area (Å²) in [6.07, 6.45) is 1.58. The predicted octanol–water partition coefficient (Wildman–Crippen LogP) is 0.927. The zero-order chi connectivity index (χ0) is 14.2. The van der Waals surface area contributed by atoms with Crippen molar-refractivity contribution < 1.29 is 14.3 Å². The normalized spacial score (nSPS) is 31.9. The van der Waals surface area contributed by atoms with E-state index in [4.69, 9.17) is 4.74 Å². The van der Waals surface area contributed by atoms with Crippen molar-refractivity contribution in [2.24, 2.45) is 5.92 Å². The maximum Gasteiger partial charge on any atom is 0.329 e. The van der Waals surface area contributed by atoms with Crippen LogP contribution < -0.4 is 5.32 Å². The molecule has 5 heteroatoms. The number of rotatable bonds is 1. The number of ether oxygens (including phenoxy) is 1. The Labute approximate surface area is 114 Å². The number of amides is 1. The standard InChI is InChI=1S/C14H24N2O3/c1-9-7-15-8-10-5-6-11(16(10)12(9)17)13(18)19-14(2,3)4/h9-11,15H,5-8H2,1-4H3/t9-,10+,11-/m0/s1. The van der Waals surface area contributed by atoms with Crippen LogP contribution in [-0.2, 0) is 14.3 Å². The highest BCUT2D eigenvalue weighted by Crippen LogP contribution is 2.29. The Balaban J connectivity index is 2.14. The SMILES string of the molecule is C[C@H]1CNC[C@H]2CC[C@@H](C(=O)OC(C)(C)C)N2C1=O. The van der Waals surface area contributed by atoms with E-state index in [1.54, 1.807) is 4.90 Å². The van der Waals surface area contributed by atoms with Crippen molar-refractivity contribution in [2.75, 3.05) is 13.1 Å². The van der Waals surface area contributed by atoms with E-state index < -0.39 is 11.6 Å². The fourth-order valence-corrected chi connectivity index (χ4v) is 2.83. The molecule has 3 atom stereocenters. The van der Waals surface area contributed by atoms with E-state index in [2.05, 4.69) is 5.32 Å². The van der Waals surface area contributed by atoms with Gasteiger partial charge in [0.25, 0.3) is 0 Å². The molecule has 2 heterocycles. The highest BCUT2D eigenvalue weighted by atomic mass is 16.6. The lowest BCUT2D eigenvalue weighted by atomic mass is 10.1. The molecule has 19 heavy (non-hydrogen) atoms. The van der Waals surface area contributed by atoms with Gasteiger partial charge in [-0.3, -0.25) is 4.79 Å². The molecule has 2 saturated heterocycles. The van der Waals surface area contributed by atoms with Crippen molar-refractivity contribution in [3.05, 3.63) is 0 Å². The van der Waals surface area contributed by atoms with Crippen LogP contribution in [0.4, 0.5) is 0 Å². The van der Waals surface area contributed by atoms with Gasteiger partial charge in [-0.15, -0.1) is 0 Å². The number of nitrogens with zero attached hydrogens (tertiary/aromatic N) is 1. The van der Waals surface area contributed by atoms with Crippen molar-refractivity contribution in [1.29, 1.82) is 0 Å². The summed E-state index contributed by atoms with van der Waals surface area (Å²) in [5.74, 6) is -0.270. The summed E-state index contributed by atoms with van der Waals surface area (Å²) in [4.78, 5) is 26.4. The molecule has 108 valence electrons. The molecule has 0 radical (unpaired) electrons. The fourth-order valence-electron chi connectivity index (χ4n) is 2.83. The second-order valence-electron chi connectivity index (χ2n) is 6.59. The molecule has 2 aliphatic rings. The van der Waals surface area contributed by atoms with Crippen molar-refractivity contribution in [1.82, 2.24) is 10.2 Å². The summed E-state index contributed by atoms with van der Waals surface area (Å²) in [7, 11) is 0. The summed E-state index contributed by atoms with van der Waals surface area (Å²) in [6, 6.07) is -0.269. The van der Waals surface area contributed by atoms with Gasteiger partial charge >= 0.3 is 5.97 Å². The Kier molecular flexibility index (Phi) is 3.85. The quantitative estimate of drug-likeness (QED) is 0.719. The van der Waals surface area contributed by atoms with E-state index in [0.29, 0.717) is 13.0 Å². The number of esters is 1. The first-order valence-electron chi connectivity index (χ1n) is 7.05. The topological polar surface area (TPSA) is 58.6 Å². The Bertz CT molecular complexity index is 375.